The molecule has 0 unspecified atom stereocenters. The summed E-state index contributed by atoms with van der Waals surface area (Å²) in [6.45, 7) is 1.66. The summed E-state index contributed by atoms with van der Waals surface area (Å²) in [6, 6.07) is 15.2. The summed E-state index contributed by atoms with van der Waals surface area (Å²) in [5.41, 5.74) is 1.39. The highest BCUT2D eigenvalue weighted by Crippen LogP contribution is 2.24. The SMILES string of the molecule is Cc1nn(-c2ccccc2)c(Cl)c1C(=O)OCCOc1ccccc1F. The number of hydrogen-bond donors (Lipinski definition) is 0. The van der Waals surface area contributed by atoms with Crippen molar-refractivity contribution >= 4 is 17.6 Å². The molecule has 26 heavy (non-hydrogen) atoms. The lowest BCUT2D eigenvalue weighted by atomic mass is 10.2. The molecule has 7 heteroatoms. The van der Waals surface area contributed by atoms with Gasteiger partial charge in [0.05, 0.1) is 11.4 Å². The Balaban J connectivity index is 1.63. The van der Waals surface area contributed by atoms with Crippen LogP contribution in [0.5, 0.6) is 5.75 Å². The van der Waals surface area contributed by atoms with Gasteiger partial charge >= 0.3 is 5.97 Å². The van der Waals surface area contributed by atoms with E-state index in [1.54, 1.807) is 19.1 Å². The van der Waals surface area contributed by atoms with E-state index >= 15 is 0 Å². The van der Waals surface area contributed by atoms with Crippen molar-refractivity contribution in [2.75, 3.05) is 13.2 Å². The zero-order valence-corrected chi connectivity index (χ0v) is 14.7. The molecular weight excluding hydrogens is 359 g/mol. The summed E-state index contributed by atoms with van der Waals surface area (Å²) in [4.78, 5) is 12.3. The Morgan fingerprint density at radius 3 is 2.54 bits per heavy atom. The van der Waals surface area contributed by atoms with Crippen LogP contribution in [0.4, 0.5) is 4.39 Å². The van der Waals surface area contributed by atoms with Gasteiger partial charge < -0.3 is 9.47 Å². The lowest BCUT2D eigenvalue weighted by Crippen LogP contribution is -2.13. The Labute approximate surface area is 154 Å². The fourth-order valence-electron chi connectivity index (χ4n) is 2.39. The number of ether oxygens (including phenoxy) is 2. The van der Waals surface area contributed by atoms with E-state index in [1.165, 1.54) is 16.8 Å². The van der Waals surface area contributed by atoms with Gasteiger partial charge in [0.2, 0.25) is 0 Å². The molecule has 0 aliphatic heterocycles. The minimum atomic E-state index is -0.605. The Kier molecular flexibility index (Phi) is 5.53. The first-order valence-corrected chi connectivity index (χ1v) is 8.30. The molecule has 0 spiro atoms. The van der Waals surface area contributed by atoms with E-state index in [9.17, 15) is 9.18 Å². The predicted molar refractivity (Wildman–Crippen MR) is 95.5 cm³/mol. The number of rotatable bonds is 6. The van der Waals surface area contributed by atoms with Gasteiger partial charge in [-0.25, -0.2) is 13.9 Å². The van der Waals surface area contributed by atoms with Gasteiger partial charge in [0.25, 0.3) is 0 Å². The maximum absolute atomic E-state index is 13.4. The van der Waals surface area contributed by atoms with Crippen LogP contribution in [-0.4, -0.2) is 29.0 Å². The maximum atomic E-state index is 13.4. The first-order chi connectivity index (χ1) is 12.6. The van der Waals surface area contributed by atoms with E-state index < -0.39 is 11.8 Å². The number of halogens is 2. The van der Waals surface area contributed by atoms with Crippen LogP contribution in [0.3, 0.4) is 0 Å². The summed E-state index contributed by atoms with van der Waals surface area (Å²) in [5.74, 6) is -0.969. The second-order valence-electron chi connectivity index (χ2n) is 5.41. The van der Waals surface area contributed by atoms with Crippen molar-refractivity contribution in [3.8, 4) is 11.4 Å². The van der Waals surface area contributed by atoms with Gasteiger partial charge in [0.1, 0.15) is 23.9 Å². The van der Waals surface area contributed by atoms with E-state index in [1.807, 2.05) is 30.3 Å². The molecule has 1 aromatic heterocycles. The first-order valence-electron chi connectivity index (χ1n) is 7.93. The third-order valence-electron chi connectivity index (χ3n) is 3.62. The van der Waals surface area contributed by atoms with Crippen LogP contribution in [-0.2, 0) is 4.74 Å². The molecule has 0 bridgehead atoms. The first kappa shape index (κ1) is 17.9. The van der Waals surface area contributed by atoms with E-state index in [-0.39, 0.29) is 29.7 Å². The summed E-state index contributed by atoms with van der Waals surface area (Å²) >= 11 is 6.31. The normalized spacial score (nSPS) is 10.6. The van der Waals surface area contributed by atoms with Gasteiger partial charge in [-0.2, -0.15) is 5.10 Å². The standard InChI is InChI=1S/C19H16ClFN2O3/c1-13-17(18(20)23(22-13)14-7-3-2-4-8-14)19(24)26-12-11-25-16-10-6-5-9-15(16)21/h2-10H,11-12H2,1H3. The summed E-state index contributed by atoms with van der Waals surface area (Å²) < 4.78 is 25.4. The van der Waals surface area contributed by atoms with Crippen molar-refractivity contribution in [3.05, 3.63) is 76.8 Å². The van der Waals surface area contributed by atoms with E-state index in [0.29, 0.717) is 5.69 Å². The lowest BCUT2D eigenvalue weighted by Gasteiger charge is -2.08. The average molecular weight is 375 g/mol. The van der Waals surface area contributed by atoms with Gasteiger partial charge in [0.15, 0.2) is 11.6 Å². The molecule has 0 saturated carbocycles. The van der Waals surface area contributed by atoms with Crippen LogP contribution >= 0.6 is 11.6 Å². The van der Waals surface area contributed by atoms with Gasteiger partial charge in [-0.15, -0.1) is 0 Å². The average Bonchev–Trinajstić information content (AvgIpc) is 2.95. The Bertz CT molecular complexity index is 912. The van der Waals surface area contributed by atoms with Crippen molar-refractivity contribution in [1.29, 1.82) is 0 Å². The quantitative estimate of drug-likeness (QED) is 0.479. The van der Waals surface area contributed by atoms with E-state index in [4.69, 9.17) is 21.1 Å². The number of esters is 1. The second-order valence-corrected chi connectivity index (χ2v) is 5.77. The molecule has 5 nitrogen and oxygen atoms in total. The minimum absolute atomic E-state index is 0.0240. The molecule has 0 fully saturated rings. The van der Waals surface area contributed by atoms with Crippen molar-refractivity contribution in [2.24, 2.45) is 0 Å². The zero-order valence-electron chi connectivity index (χ0n) is 14.0. The molecule has 3 aromatic rings. The number of nitrogens with zero attached hydrogens (tertiary/aromatic N) is 2. The number of carbonyl (C=O) groups excluding carboxylic acids is 1. The molecule has 3 rings (SSSR count). The summed E-state index contributed by atoms with van der Waals surface area (Å²) in [7, 11) is 0. The lowest BCUT2D eigenvalue weighted by molar-refractivity contribution is 0.0448. The molecule has 0 N–H and O–H groups in total. The van der Waals surface area contributed by atoms with Crippen LogP contribution < -0.4 is 4.74 Å². The van der Waals surface area contributed by atoms with Crippen molar-refractivity contribution in [1.82, 2.24) is 9.78 Å². The summed E-state index contributed by atoms with van der Waals surface area (Å²) in [6.07, 6.45) is 0. The fourth-order valence-corrected chi connectivity index (χ4v) is 2.74. The zero-order chi connectivity index (χ0) is 18.5. The molecule has 0 amide bonds. The van der Waals surface area contributed by atoms with Crippen LogP contribution in [0.1, 0.15) is 16.1 Å². The van der Waals surface area contributed by atoms with Crippen LogP contribution in [0.15, 0.2) is 54.6 Å². The number of para-hydroxylation sites is 2. The highest BCUT2D eigenvalue weighted by Gasteiger charge is 2.22. The van der Waals surface area contributed by atoms with Gasteiger partial charge in [-0.3, -0.25) is 0 Å². The molecule has 2 aromatic carbocycles. The van der Waals surface area contributed by atoms with Gasteiger partial charge in [-0.1, -0.05) is 41.9 Å². The van der Waals surface area contributed by atoms with Gasteiger partial charge in [-0.05, 0) is 31.2 Å². The Morgan fingerprint density at radius 1 is 1.12 bits per heavy atom. The molecule has 0 aliphatic carbocycles. The van der Waals surface area contributed by atoms with Crippen LogP contribution in [0.25, 0.3) is 5.69 Å². The van der Waals surface area contributed by atoms with Crippen molar-refractivity contribution < 1.29 is 18.7 Å². The van der Waals surface area contributed by atoms with Gasteiger partial charge in [0, 0.05) is 0 Å². The molecule has 134 valence electrons. The van der Waals surface area contributed by atoms with E-state index in [0.717, 1.165) is 5.69 Å². The third-order valence-corrected chi connectivity index (χ3v) is 3.97. The van der Waals surface area contributed by atoms with Crippen LogP contribution in [0.2, 0.25) is 5.15 Å². The number of carbonyl (C=O) groups is 1. The highest BCUT2D eigenvalue weighted by atomic mass is 35.5. The second kappa shape index (κ2) is 8.01. The number of benzene rings is 2. The largest absolute Gasteiger partial charge is 0.487 e. The fraction of sp³-hybridized carbons (Fsp3) is 0.158. The molecule has 0 aliphatic rings. The highest BCUT2D eigenvalue weighted by molar-refractivity contribution is 6.33. The van der Waals surface area contributed by atoms with Crippen LogP contribution in [0, 0.1) is 12.7 Å². The Hall–Kier alpha value is -2.86. The number of aryl methyl sites for hydroxylation is 1. The topological polar surface area (TPSA) is 53.4 Å². The summed E-state index contributed by atoms with van der Waals surface area (Å²) in [5, 5.41) is 4.47. The molecule has 0 radical (unpaired) electrons. The molecule has 0 atom stereocenters. The Morgan fingerprint density at radius 2 is 1.81 bits per heavy atom. The number of aromatic nitrogens is 2. The smallest absolute Gasteiger partial charge is 0.343 e. The van der Waals surface area contributed by atoms with Crippen molar-refractivity contribution in [3.63, 3.8) is 0 Å². The molecular formula is C19H16ClFN2O3. The predicted octanol–water partition coefficient (Wildman–Crippen LogP) is 4.21. The molecule has 0 saturated heterocycles. The number of hydrogen-bond acceptors (Lipinski definition) is 4. The minimum Gasteiger partial charge on any atom is -0.487 e. The third kappa shape index (κ3) is 3.86. The van der Waals surface area contributed by atoms with Crippen molar-refractivity contribution in [2.45, 2.75) is 6.92 Å². The van der Waals surface area contributed by atoms with E-state index in [2.05, 4.69) is 5.10 Å². The maximum Gasteiger partial charge on any atom is 0.343 e. The monoisotopic (exact) mass is 374 g/mol. The molecule has 1 heterocycles.